The third-order valence-corrected chi connectivity index (χ3v) is 3.77. The van der Waals surface area contributed by atoms with Crippen LogP contribution in [0.2, 0.25) is 0 Å². The number of hydrogen-bond acceptors (Lipinski definition) is 2. The lowest BCUT2D eigenvalue weighted by atomic mass is 9.97. The second kappa shape index (κ2) is 8.58. The standard InChI is InChI=1S/C19H24O2/c20-18(13-7-12-16-8-3-1-4-9-16)15-19(21)14-17-10-5-2-6-11-17/h1,3-5,8-11,19,21H,2,6-7,12-15H2. The molecule has 1 unspecified atom stereocenters. The van der Waals surface area contributed by atoms with Gasteiger partial charge in [0.25, 0.3) is 0 Å². The molecule has 0 fully saturated rings. The molecule has 1 N–H and O–H groups in total. The van der Waals surface area contributed by atoms with E-state index in [2.05, 4.69) is 30.4 Å². The molecule has 1 aromatic carbocycles. The minimum absolute atomic E-state index is 0.166. The van der Waals surface area contributed by atoms with E-state index in [1.165, 1.54) is 5.56 Å². The minimum Gasteiger partial charge on any atom is -0.392 e. The van der Waals surface area contributed by atoms with E-state index in [0.29, 0.717) is 12.8 Å². The first-order valence-electron chi connectivity index (χ1n) is 7.83. The smallest absolute Gasteiger partial charge is 0.135 e. The van der Waals surface area contributed by atoms with Crippen LogP contribution in [0.3, 0.4) is 0 Å². The highest BCUT2D eigenvalue weighted by Crippen LogP contribution is 2.17. The predicted octanol–water partition coefficient (Wildman–Crippen LogP) is 4.00. The van der Waals surface area contributed by atoms with Crippen molar-refractivity contribution in [2.24, 2.45) is 0 Å². The summed E-state index contributed by atoms with van der Waals surface area (Å²) < 4.78 is 0. The zero-order valence-corrected chi connectivity index (χ0v) is 12.5. The van der Waals surface area contributed by atoms with Crippen LogP contribution in [0.1, 0.15) is 44.1 Å². The van der Waals surface area contributed by atoms with E-state index < -0.39 is 6.10 Å². The predicted molar refractivity (Wildman–Crippen MR) is 86.1 cm³/mol. The summed E-state index contributed by atoms with van der Waals surface area (Å²) in [5.74, 6) is 0.166. The first kappa shape index (κ1) is 15.7. The maximum absolute atomic E-state index is 11.9. The largest absolute Gasteiger partial charge is 0.392 e. The van der Waals surface area contributed by atoms with Crippen LogP contribution in [0.4, 0.5) is 0 Å². The van der Waals surface area contributed by atoms with Gasteiger partial charge >= 0.3 is 0 Å². The van der Waals surface area contributed by atoms with Crippen molar-refractivity contribution in [1.82, 2.24) is 0 Å². The van der Waals surface area contributed by atoms with Gasteiger partial charge in [0, 0.05) is 12.8 Å². The Morgan fingerprint density at radius 3 is 2.71 bits per heavy atom. The second-order valence-electron chi connectivity index (χ2n) is 5.70. The molecule has 1 atom stereocenters. The third kappa shape index (κ3) is 6.09. The Morgan fingerprint density at radius 1 is 1.19 bits per heavy atom. The summed E-state index contributed by atoms with van der Waals surface area (Å²) in [6.07, 6.45) is 11.2. The van der Waals surface area contributed by atoms with Crippen molar-refractivity contribution in [3.8, 4) is 0 Å². The number of aryl methyl sites for hydroxylation is 1. The highest BCUT2D eigenvalue weighted by Gasteiger charge is 2.12. The second-order valence-corrected chi connectivity index (χ2v) is 5.70. The number of carbonyl (C=O) groups excluding carboxylic acids is 1. The third-order valence-electron chi connectivity index (χ3n) is 3.77. The average molecular weight is 284 g/mol. The van der Waals surface area contributed by atoms with Gasteiger partial charge in [0.2, 0.25) is 0 Å². The number of Topliss-reactive ketones (excluding diaryl/α,β-unsaturated/α-hetero) is 1. The maximum Gasteiger partial charge on any atom is 0.135 e. The van der Waals surface area contributed by atoms with Crippen molar-refractivity contribution in [3.05, 3.63) is 59.7 Å². The van der Waals surface area contributed by atoms with Crippen molar-refractivity contribution in [1.29, 1.82) is 0 Å². The summed E-state index contributed by atoms with van der Waals surface area (Å²) in [5, 5.41) is 9.99. The maximum atomic E-state index is 11.9. The SMILES string of the molecule is O=C(CCCc1ccccc1)CC(O)CC1=CCCC=C1. The van der Waals surface area contributed by atoms with Crippen LogP contribution in [0.5, 0.6) is 0 Å². The van der Waals surface area contributed by atoms with Crippen molar-refractivity contribution in [2.45, 2.75) is 51.0 Å². The summed E-state index contributed by atoms with van der Waals surface area (Å²) in [5.41, 5.74) is 2.43. The van der Waals surface area contributed by atoms with Gasteiger partial charge in [0.05, 0.1) is 6.10 Å². The number of ketones is 1. The molecular weight excluding hydrogens is 260 g/mol. The zero-order valence-electron chi connectivity index (χ0n) is 12.5. The van der Waals surface area contributed by atoms with E-state index in [0.717, 1.165) is 31.3 Å². The molecule has 0 aromatic heterocycles. The Bertz CT molecular complexity index is 500. The first-order chi connectivity index (χ1) is 10.2. The molecule has 0 spiro atoms. The van der Waals surface area contributed by atoms with Crippen LogP contribution in [-0.4, -0.2) is 17.0 Å². The Morgan fingerprint density at radius 2 is 2.00 bits per heavy atom. The highest BCUT2D eigenvalue weighted by atomic mass is 16.3. The molecular formula is C19H24O2. The number of hydrogen-bond donors (Lipinski definition) is 1. The molecule has 0 aliphatic heterocycles. The van der Waals surface area contributed by atoms with Crippen molar-refractivity contribution >= 4 is 5.78 Å². The molecule has 1 aliphatic carbocycles. The molecule has 0 saturated carbocycles. The molecule has 0 radical (unpaired) electrons. The van der Waals surface area contributed by atoms with E-state index in [1.807, 2.05) is 18.2 Å². The Kier molecular flexibility index (Phi) is 6.42. The summed E-state index contributed by atoms with van der Waals surface area (Å²) >= 11 is 0. The van der Waals surface area contributed by atoms with Gasteiger partial charge in [-0.05, 0) is 43.2 Å². The summed E-state index contributed by atoms with van der Waals surface area (Å²) in [6, 6.07) is 10.2. The number of carbonyl (C=O) groups is 1. The lowest BCUT2D eigenvalue weighted by molar-refractivity contribution is -0.121. The van der Waals surface area contributed by atoms with Gasteiger partial charge in [-0.25, -0.2) is 0 Å². The van der Waals surface area contributed by atoms with Crippen molar-refractivity contribution in [3.63, 3.8) is 0 Å². The van der Waals surface area contributed by atoms with Gasteiger partial charge in [-0.1, -0.05) is 48.6 Å². The van der Waals surface area contributed by atoms with Crippen LogP contribution in [0.15, 0.2) is 54.1 Å². The fourth-order valence-corrected chi connectivity index (χ4v) is 2.66. The molecule has 1 aliphatic rings. The lowest BCUT2D eigenvalue weighted by Gasteiger charge is -2.12. The first-order valence-corrected chi connectivity index (χ1v) is 7.83. The summed E-state index contributed by atoms with van der Waals surface area (Å²) in [4.78, 5) is 11.9. The molecule has 112 valence electrons. The molecule has 2 rings (SSSR count). The van der Waals surface area contributed by atoms with E-state index in [-0.39, 0.29) is 12.2 Å². The van der Waals surface area contributed by atoms with E-state index in [4.69, 9.17) is 0 Å². The Hall–Kier alpha value is -1.67. The van der Waals surface area contributed by atoms with Crippen LogP contribution in [0, 0.1) is 0 Å². The van der Waals surface area contributed by atoms with Crippen LogP contribution < -0.4 is 0 Å². The average Bonchev–Trinajstić information content (AvgIpc) is 2.49. The van der Waals surface area contributed by atoms with Crippen LogP contribution in [-0.2, 0) is 11.2 Å². The molecule has 1 aromatic rings. The number of aliphatic hydroxyl groups excluding tert-OH is 1. The molecule has 21 heavy (non-hydrogen) atoms. The zero-order chi connectivity index (χ0) is 14.9. The van der Waals surface area contributed by atoms with Gasteiger partial charge in [0.1, 0.15) is 5.78 Å². The lowest BCUT2D eigenvalue weighted by Crippen LogP contribution is -2.14. The number of allylic oxidation sites excluding steroid dienone is 3. The minimum atomic E-state index is -0.539. The van der Waals surface area contributed by atoms with Gasteiger partial charge < -0.3 is 5.11 Å². The number of aliphatic hydroxyl groups is 1. The van der Waals surface area contributed by atoms with E-state index in [9.17, 15) is 9.90 Å². The van der Waals surface area contributed by atoms with Crippen LogP contribution in [0.25, 0.3) is 0 Å². The quantitative estimate of drug-likeness (QED) is 0.783. The molecule has 0 bridgehead atoms. The van der Waals surface area contributed by atoms with E-state index in [1.54, 1.807) is 0 Å². The van der Waals surface area contributed by atoms with Gasteiger partial charge in [-0.15, -0.1) is 0 Å². The van der Waals surface area contributed by atoms with Crippen LogP contribution >= 0.6 is 0 Å². The molecule has 0 amide bonds. The molecule has 0 heterocycles. The van der Waals surface area contributed by atoms with Crippen molar-refractivity contribution < 1.29 is 9.90 Å². The Balaban J connectivity index is 1.64. The fourth-order valence-electron chi connectivity index (χ4n) is 2.66. The topological polar surface area (TPSA) is 37.3 Å². The van der Waals surface area contributed by atoms with Gasteiger partial charge in [-0.2, -0.15) is 0 Å². The summed E-state index contributed by atoms with van der Waals surface area (Å²) in [6.45, 7) is 0. The molecule has 2 heteroatoms. The summed E-state index contributed by atoms with van der Waals surface area (Å²) in [7, 11) is 0. The number of benzene rings is 1. The monoisotopic (exact) mass is 284 g/mol. The molecule has 0 saturated heterocycles. The highest BCUT2D eigenvalue weighted by molar-refractivity contribution is 5.78. The van der Waals surface area contributed by atoms with Gasteiger partial charge in [-0.3, -0.25) is 4.79 Å². The number of rotatable bonds is 8. The Labute approximate surface area is 127 Å². The van der Waals surface area contributed by atoms with E-state index >= 15 is 0 Å². The van der Waals surface area contributed by atoms with Gasteiger partial charge in [0.15, 0.2) is 0 Å². The van der Waals surface area contributed by atoms with Crippen molar-refractivity contribution in [2.75, 3.05) is 0 Å². The fraction of sp³-hybridized carbons (Fsp3) is 0.421. The normalized spacial score (nSPS) is 15.6. The molecule has 2 nitrogen and oxygen atoms in total.